The van der Waals surface area contributed by atoms with Crippen molar-refractivity contribution in [1.82, 2.24) is 25.5 Å². The molecule has 10 nitrogen and oxygen atoms in total. The second kappa shape index (κ2) is 10.3. The molecule has 2 aromatic rings. The highest BCUT2D eigenvalue weighted by atomic mass is 16.8. The molecule has 2 aliphatic heterocycles. The predicted molar refractivity (Wildman–Crippen MR) is 142 cm³/mol. The number of benzene rings is 1. The van der Waals surface area contributed by atoms with Crippen LogP contribution < -0.4 is 9.47 Å². The fourth-order valence-electron chi connectivity index (χ4n) is 7.52. The van der Waals surface area contributed by atoms with Gasteiger partial charge in [-0.15, -0.1) is 10.2 Å². The van der Waals surface area contributed by atoms with Gasteiger partial charge in [0.1, 0.15) is 0 Å². The molecular weight excluding hydrogens is 498 g/mol. The lowest BCUT2D eigenvalue weighted by molar-refractivity contribution is -0.271. The van der Waals surface area contributed by atoms with E-state index in [1.54, 1.807) is 0 Å². The zero-order valence-electron chi connectivity index (χ0n) is 23.2. The van der Waals surface area contributed by atoms with Crippen LogP contribution in [0.3, 0.4) is 0 Å². The lowest BCUT2D eigenvalue weighted by Crippen LogP contribution is -2.68. The van der Waals surface area contributed by atoms with E-state index >= 15 is 0 Å². The normalized spacial score (nSPS) is 30.1. The van der Waals surface area contributed by atoms with Crippen LogP contribution in [0.15, 0.2) is 12.1 Å². The first-order valence-corrected chi connectivity index (χ1v) is 15.0. The number of nitrogens with one attached hydrogen (secondary N) is 1. The maximum absolute atomic E-state index is 7.15. The van der Waals surface area contributed by atoms with E-state index in [9.17, 15) is 0 Å². The molecule has 1 spiro atoms. The van der Waals surface area contributed by atoms with Crippen LogP contribution in [-0.4, -0.2) is 88.6 Å². The van der Waals surface area contributed by atoms with Gasteiger partial charge in [-0.1, -0.05) is 31.5 Å². The van der Waals surface area contributed by atoms with E-state index in [4.69, 9.17) is 23.7 Å². The van der Waals surface area contributed by atoms with Crippen molar-refractivity contribution in [1.29, 1.82) is 0 Å². The molecule has 1 N–H and O–H groups in total. The molecule has 3 aliphatic carbocycles. The van der Waals surface area contributed by atoms with Gasteiger partial charge in [0.25, 0.3) is 0 Å². The average molecular weight is 540 g/mol. The summed E-state index contributed by atoms with van der Waals surface area (Å²) in [5.41, 5.74) is 2.14. The maximum Gasteiger partial charge on any atom is 0.206 e. The number of H-pyrrole nitrogens is 1. The van der Waals surface area contributed by atoms with Gasteiger partial charge in [-0.05, 0) is 56.2 Å². The highest BCUT2D eigenvalue weighted by Gasteiger charge is 2.69. The number of nitrogens with zero attached hydrogens (tertiary/aromatic N) is 4. The number of hydrogen-bond donors (Lipinski definition) is 1. The Hall–Kier alpha value is -2.27. The summed E-state index contributed by atoms with van der Waals surface area (Å²) in [5, 5.41) is 14.6. The summed E-state index contributed by atoms with van der Waals surface area (Å²) in [6, 6.07) is 4.61. The minimum absolute atomic E-state index is 0.0126. The molecule has 1 aromatic heterocycles. The summed E-state index contributed by atoms with van der Waals surface area (Å²) in [6.45, 7) is 8.96. The van der Waals surface area contributed by atoms with Crippen molar-refractivity contribution in [2.75, 3.05) is 39.5 Å². The van der Waals surface area contributed by atoms with Crippen molar-refractivity contribution in [3.8, 4) is 11.5 Å². The molecule has 1 unspecified atom stereocenters. The molecule has 0 radical (unpaired) electrons. The first kappa shape index (κ1) is 25.7. The Morgan fingerprint density at radius 2 is 2.00 bits per heavy atom. The standard InChI is InChI=1S/C29H41N5O5/c1-3-5-13-35-21-9-8-20-17-22(34(4-2)18-19-6-7-19)28(36-14-10-23-30-32-33-31-23)11-12-29(37-15-16-38-29)27-25(28)24(20)26(21)39-27/h8-9,19,22,25,27H,3-7,10-18H2,1-2H3,(H,30,31,32,33)/t22-,25?,27-,28-/m1/s1. The molecule has 4 atom stereocenters. The van der Waals surface area contributed by atoms with E-state index in [1.807, 2.05) is 0 Å². The van der Waals surface area contributed by atoms with E-state index in [2.05, 4.69) is 51.5 Å². The number of ether oxygens (including phenoxy) is 5. The highest BCUT2D eigenvalue weighted by molar-refractivity contribution is 5.59. The lowest BCUT2D eigenvalue weighted by atomic mass is 9.60. The molecular formula is C29H41N5O5. The Kier molecular flexibility index (Phi) is 6.77. The Morgan fingerprint density at radius 1 is 1.13 bits per heavy atom. The van der Waals surface area contributed by atoms with E-state index in [1.165, 1.54) is 24.0 Å². The van der Waals surface area contributed by atoms with Crippen LogP contribution in [0, 0.1) is 5.92 Å². The third kappa shape index (κ3) is 4.34. The number of unbranched alkanes of at least 4 members (excludes halogenated alkanes) is 1. The molecule has 1 saturated heterocycles. The van der Waals surface area contributed by atoms with Crippen LogP contribution in [-0.2, 0) is 27.1 Å². The average Bonchev–Trinajstić information content (AvgIpc) is 3.32. The molecule has 10 heteroatoms. The second-order valence-electron chi connectivity index (χ2n) is 11.8. The van der Waals surface area contributed by atoms with Crippen molar-refractivity contribution in [3.63, 3.8) is 0 Å². The molecule has 1 aromatic carbocycles. The van der Waals surface area contributed by atoms with Gasteiger partial charge >= 0.3 is 0 Å². The van der Waals surface area contributed by atoms with Gasteiger partial charge in [0.05, 0.1) is 37.9 Å². The quantitative estimate of drug-likeness (QED) is 0.406. The lowest BCUT2D eigenvalue weighted by Gasteiger charge is -2.57. The minimum atomic E-state index is -0.752. The van der Waals surface area contributed by atoms with Gasteiger partial charge in [-0.3, -0.25) is 4.90 Å². The number of likely N-dealkylation sites (N-methyl/N-ethyl adjacent to an activating group) is 1. The third-order valence-electron chi connectivity index (χ3n) is 9.56. The number of tetrazole rings is 1. The molecule has 3 heterocycles. The number of fused-ring (bicyclic) bond motifs is 1. The number of aromatic amines is 1. The summed E-state index contributed by atoms with van der Waals surface area (Å²) < 4.78 is 33.2. The van der Waals surface area contributed by atoms with Gasteiger partial charge in [0, 0.05) is 31.0 Å². The van der Waals surface area contributed by atoms with Gasteiger partial charge in [0.15, 0.2) is 23.4 Å². The molecule has 2 saturated carbocycles. The number of rotatable bonds is 12. The fraction of sp³-hybridized carbons (Fsp3) is 0.759. The summed E-state index contributed by atoms with van der Waals surface area (Å²) in [4.78, 5) is 2.68. The van der Waals surface area contributed by atoms with Gasteiger partial charge in [-0.25, -0.2) is 0 Å². The first-order valence-electron chi connectivity index (χ1n) is 15.0. The zero-order valence-corrected chi connectivity index (χ0v) is 23.2. The summed E-state index contributed by atoms with van der Waals surface area (Å²) in [6.07, 6.45) is 7.59. The van der Waals surface area contributed by atoms with E-state index in [0.717, 1.165) is 62.6 Å². The summed E-state index contributed by atoms with van der Waals surface area (Å²) in [5.74, 6) is 2.40. The molecule has 5 aliphatic rings. The van der Waals surface area contributed by atoms with Gasteiger partial charge in [0.2, 0.25) is 5.79 Å². The Labute approximate surface area is 230 Å². The van der Waals surface area contributed by atoms with Crippen LogP contribution in [0.25, 0.3) is 0 Å². The van der Waals surface area contributed by atoms with Crippen molar-refractivity contribution < 1.29 is 23.7 Å². The van der Waals surface area contributed by atoms with Crippen LogP contribution in [0.1, 0.15) is 75.2 Å². The second-order valence-corrected chi connectivity index (χ2v) is 11.8. The largest absolute Gasteiger partial charge is 0.490 e. The van der Waals surface area contributed by atoms with Crippen molar-refractivity contribution >= 4 is 0 Å². The van der Waals surface area contributed by atoms with E-state index in [0.29, 0.717) is 38.7 Å². The number of hydrogen-bond acceptors (Lipinski definition) is 9. The molecule has 0 bridgehead atoms. The first-order chi connectivity index (χ1) is 19.2. The Balaban J connectivity index is 1.31. The summed E-state index contributed by atoms with van der Waals surface area (Å²) >= 11 is 0. The molecule has 212 valence electrons. The molecule has 0 amide bonds. The topological polar surface area (TPSA) is 104 Å². The van der Waals surface area contributed by atoms with E-state index < -0.39 is 11.4 Å². The third-order valence-corrected chi connectivity index (χ3v) is 9.56. The van der Waals surface area contributed by atoms with Crippen LogP contribution in [0.2, 0.25) is 0 Å². The highest BCUT2D eigenvalue weighted by Crippen LogP contribution is 2.63. The molecule has 3 fully saturated rings. The molecule has 39 heavy (non-hydrogen) atoms. The monoisotopic (exact) mass is 539 g/mol. The molecule has 7 rings (SSSR count). The van der Waals surface area contributed by atoms with Gasteiger partial charge in [-0.2, -0.15) is 5.21 Å². The smallest absolute Gasteiger partial charge is 0.206 e. The number of aromatic nitrogens is 4. The Morgan fingerprint density at radius 3 is 2.74 bits per heavy atom. The maximum atomic E-state index is 7.15. The van der Waals surface area contributed by atoms with E-state index in [-0.39, 0.29) is 18.1 Å². The van der Waals surface area contributed by atoms with Crippen LogP contribution in [0.5, 0.6) is 11.5 Å². The minimum Gasteiger partial charge on any atom is -0.490 e. The zero-order chi connectivity index (χ0) is 26.5. The van der Waals surface area contributed by atoms with Crippen molar-refractivity contribution in [2.24, 2.45) is 5.92 Å². The van der Waals surface area contributed by atoms with Crippen molar-refractivity contribution in [2.45, 2.75) is 94.7 Å². The van der Waals surface area contributed by atoms with Crippen LogP contribution in [0.4, 0.5) is 0 Å². The predicted octanol–water partition coefficient (Wildman–Crippen LogP) is 3.41. The van der Waals surface area contributed by atoms with Crippen molar-refractivity contribution in [3.05, 3.63) is 29.1 Å². The van der Waals surface area contributed by atoms with Gasteiger partial charge < -0.3 is 23.7 Å². The van der Waals surface area contributed by atoms with Crippen LogP contribution >= 0.6 is 0 Å². The summed E-state index contributed by atoms with van der Waals surface area (Å²) in [7, 11) is 0. The Bertz CT molecular complexity index is 1150. The fourth-order valence-corrected chi connectivity index (χ4v) is 7.52. The SMILES string of the molecule is CCCCOc1ccc2c3c1O[C@@H]1C3[C@@](OCCc3nn[nH]n3)(CCC13OCCO3)[C@H](N(CC)CC1CC1)C2.